The van der Waals surface area contributed by atoms with Crippen molar-refractivity contribution in [2.75, 3.05) is 40.4 Å². The molecule has 146 valence electrons. The monoisotopic (exact) mass is 474 g/mol. The highest BCUT2D eigenvalue weighted by Crippen LogP contribution is 2.34. The van der Waals surface area contributed by atoms with Gasteiger partial charge in [0.25, 0.3) is 15.9 Å². The van der Waals surface area contributed by atoms with Gasteiger partial charge >= 0.3 is 0 Å². The number of carbonyl (C=O) groups is 1. The maximum absolute atomic E-state index is 13.0. The predicted molar refractivity (Wildman–Crippen MR) is 106 cm³/mol. The highest BCUT2D eigenvalue weighted by molar-refractivity contribution is 9.10. The molecule has 1 aromatic carbocycles. The van der Waals surface area contributed by atoms with Crippen molar-refractivity contribution >= 4 is 43.2 Å². The third kappa shape index (κ3) is 3.98. The molecule has 0 N–H and O–H groups in total. The molecule has 1 aliphatic heterocycles. The van der Waals surface area contributed by atoms with Crippen molar-refractivity contribution in [3.63, 3.8) is 0 Å². The lowest BCUT2D eigenvalue weighted by atomic mass is 10.1. The molecule has 2 heterocycles. The Kier molecular flexibility index (Phi) is 6.09. The van der Waals surface area contributed by atoms with E-state index in [2.05, 4.69) is 15.9 Å². The fourth-order valence-corrected chi connectivity index (χ4v) is 6.06. The van der Waals surface area contributed by atoms with Gasteiger partial charge in [-0.25, -0.2) is 8.42 Å². The van der Waals surface area contributed by atoms with Gasteiger partial charge in [-0.2, -0.15) is 4.31 Å². The first-order chi connectivity index (χ1) is 12.9. The van der Waals surface area contributed by atoms with Crippen LogP contribution in [-0.4, -0.2) is 63.9 Å². The van der Waals surface area contributed by atoms with E-state index in [4.69, 9.17) is 9.47 Å². The summed E-state index contributed by atoms with van der Waals surface area (Å²) in [5, 5.41) is 1.74. The standard InChI is InChI=1S/C17H19BrN2O5S2/c1-24-12-10-13(16(25-2)14(18)11-12)17(21)19-5-7-20(8-6-19)27(22,23)15-4-3-9-26-15/h3-4,9-11H,5-8H2,1-2H3. The van der Waals surface area contributed by atoms with Crippen LogP contribution >= 0.6 is 27.3 Å². The summed E-state index contributed by atoms with van der Waals surface area (Å²) < 4.78 is 38.2. The number of sulfonamides is 1. The quantitative estimate of drug-likeness (QED) is 0.665. The van der Waals surface area contributed by atoms with Gasteiger partial charge in [0.2, 0.25) is 0 Å². The van der Waals surface area contributed by atoms with Gasteiger partial charge in [0.15, 0.2) is 0 Å². The van der Waals surface area contributed by atoms with Crippen molar-refractivity contribution in [1.82, 2.24) is 9.21 Å². The first-order valence-electron chi connectivity index (χ1n) is 8.13. The molecule has 2 aromatic rings. The van der Waals surface area contributed by atoms with E-state index in [9.17, 15) is 13.2 Å². The lowest BCUT2D eigenvalue weighted by Crippen LogP contribution is -2.50. The summed E-state index contributed by atoms with van der Waals surface area (Å²) in [6, 6.07) is 6.66. The van der Waals surface area contributed by atoms with E-state index in [1.165, 1.54) is 29.9 Å². The molecule has 10 heteroatoms. The van der Waals surface area contributed by atoms with E-state index >= 15 is 0 Å². The van der Waals surface area contributed by atoms with Crippen LogP contribution in [0.15, 0.2) is 38.3 Å². The number of halogens is 1. The molecule has 7 nitrogen and oxygen atoms in total. The Morgan fingerprint density at radius 3 is 2.41 bits per heavy atom. The molecule has 1 fully saturated rings. The Balaban J connectivity index is 1.77. The molecule has 0 unspecified atom stereocenters. The Morgan fingerprint density at radius 1 is 1.15 bits per heavy atom. The number of methoxy groups -OCH3 is 2. The van der Waals surface area contributed by atoms with E-state index in [1.54, 1.807) is 34.5 Å². The second kappa shape index (κ2) is 8.17. The predicted octanol–water partition coefficient (Wildman–Crippen LogP) is 2.67. The van der Waals surface area contributed by atoms with Crippen LogP contribution in [0.4, 0.5) is 0 Å². The van der Waals surface area contributed by atoms with Gasteiger partial charge in [-0.05, 0) is 39.5 Å². The summed E-state index contributed by atoms with van der Waals surface area (Å²) in [6.07, 6.45) is 0. The van der Waals surface area contributed by atoms with Crippen molar-refractivity contribution in [2.24, 2.45) is 0 Å². The van der Waals surface area contributed by atoms with E-state index in [0.29, 0.717) is 38.8 Å². The van der Waals surface area contributed by atoms with Gasteiger partial charge in [0.05, 0.1) is 24.3 Å². The van der Waals surface area contributed by atoms with E-state index < -0.39 is 10.0 Å². The highest BCUT2D eigenvalue weighted by Gasteiger charge is 2.32. The third-order valence-corrected chi connectivity index (χ3v) is 8.16. The zero-order valence-electron chi connectivity index (χ0n) is 14.8. The third-order valence-electron chi connectivity index (χ3n) is 4.30. The summed E-state index contributed by atoms with van der Waals surface area (Å²) in [7, 11) is -0.482. The molecule has 0 atom stereocenters. The summed E-state index contributed by atoms with van der Waals surface area (Å²) >= 11 is 4.58. The Bertz CT molecular complexity index is 923. The summed E-state index contributed by atoms with van der Waals surface area (Å²) in [5.74, 6) is 0.735. The van der Waals surface area contributed by atoms with Gasteiger partial charge in [-0.3, -0.25) is 4.79 Å². The normalized spacial score (nSPS) is 15.6. The minimum absolute atomic E-state index is 0.223. The zero-order chi connectivity index (χ0) is 19.6. The lowest BCUT2D eigenvalue weighted by molar-refractivity contribution is 0.0694. The molecule has 1 amide bonds. The fraction of sp³-hybridized carbons (Fsp3) is 0.353. The number of carbonyl (C=O) groups excluding carboxylic acids is 1. The SMILES string of the molecule is COc1cc(Br)c(OC)c(C(=O)N2CCN(S(=O)(=O)c3cccs3)CC2)c1. The van der Waals surface area contributed by atoms with Crippen LogP contribution in [0.25, 0.3) is 0 Å². The molecule has 27 heavy (non-hydrogen) atoms. The van der Waals surface area contributed by atoms with Crippen LogP contribution in [0.2, 0.25) is 0 Å². The smallest absolute Gasteiger partial charge is 0.257 e. The van der Waals surface area contributed by atoms with Crippen LogP contribution in [-0.2, 0) is 10.0 Å². The van der Waals surface area contributed by atoms with E-state index in [-0.39, 0.29) is 19.0 Å². The summed E-state index contributed by atoms with van der Waals surface area (Å²) in [4.78, 5) is 14.6. The van der Waals surface area contributed by atoms with Gasteiger partial charge in [0.1, 0.15) is 15.7 Å². The molecular weight excluding hydrogens is 456 g/mol. The van der Waals surface area contributed by atoms with Crippen LogP contribution in [0.5, 0.6) is 11.5 Å². The van der Waals surface area contributed by atoms with Crippen LogP contribution in [0.3, 0.4) is 0 Å². The van der Waals surface area contributed by atoms with Crippen molar-refractivity contribution < 1.29 is 22.7 Å². The second-order valence-electron chi connectivity index (χ2n) is 5.82. The average molecular weight is 475 g/mol. The molecule has 1 saturated heterocycles. The maximum Gasteiger partial charge on any atom is 0.257 e. The van der Waals surface area contributed by atoms with Gasteiger partial charge in [-0.15, -0.1) is 11.3 Å². The molecule has 1 aromatic heterocycles. The first kappa shape index (κ1) is 20.1. The van der Waals surface area contributed by atoms with E-state index in [1.807, 2.05) is 0 Å². The number of nitrogens with zero attached hydrogens (tertiary/aromatic N) is 2. The van der Waals surface area contributed by atoms with Gasteiger partial charge in [0, 0.05) is 26.2 Å². The largest absolute Gasteiger partial charge is 0.497 e. The van der Waals surface area contributed by atoms with Crippen LogP contribution in [0, 0.1) is 0 Å². The topological polar surface area (TPSA) is 76.2 Å². The number of hydrogen-bond donors (Lipinski definition) is 0. The number of amides is 1. The Morgan fingerprint density at radius 2 is 1.85 bits per heavy atom. The summed E-state index contributed by atoms with van der Waals surface area (Å²) in [5.41, 5.74) is 0.373. The van der Waals surface area contributed by atoms with Crippen LogP contribution in [0.1, 0.15) is 10.4 Å². The first-order valence-corrected chi connectivity index (χ1v) is 11.2. The summed E-state index contributed by atoms with van der Waals surface area (Å²) in [6.45, 7) is 1.11. The molecule has 0 saturated carbocycles. The second-order valence-corrected chi connectivity index (χ2v) is 9.79. The molecule has 1 aliphatic rings. The van der Waals surface area contributed by atoms with Crippen molar-refractivity contribution in [2.45, 2.75) is 4.21 Å². The molecule has 0 aliphatic carbocycles. The molecule has 3 rings (SSSR count). The minimum atomic E-state index is -3.50. The number of rotatable bonds is 5. The fourth-order valence-electron chi connectivity index (χ4n) is 2.89. The van der Waals surface area contributed by atoms with Gasteiger partial charge in [-0.1, -0.05) is 6.07 Å². The van der Waals surface area contributed by atoms with E-state index in [0.717, 1.165) is 0 Å². The van der Waals surface area contributed by atoms with Crippen molar-refractivity contribution in [3.8, 4) is 11.5 Å². The van der Waals surface area contributed by atoms with Crippen LogP contribution < -0.4 is 9.47 Å². The number of thiophene rings is 1. The van der Waals surface area contributed by atoms with Gasteiger partial charge < -0.3 is 14.4 Å². The zero-order valence-corrected chi connectivity index (χ0v) is 18.1. The lowest BCUT2D eigenvalue weighted by Gasteiger charge is -2.34. The van der Waals surface area contributed by atoms with Crippen molar-refractivity contribution in [1.29, 1.82) is 0 Å². The Hall–Kier alpha value is -1.62. The maximum atomic E-state index is 13.0. The minimum Gasteiger partial charge on any atom is -0.497 e. The average Bonchev–Trinajstić information content (AvgIpc) is 3.22. The molecule has 0 spiro atoms. The number of hydrogen-bond acceptors (Lipinski definition) is 6. The molecular formula is C17H19BrN2O5S2. The highest BCUT2D eigenvalue weighted by atomic mass is 79.9. The Labute approximate surface area is 170 Å². The van der Waals surface area contributed by atoms with Crippen molar-refractivity contribution in [3.05, 3.63) is 39.7 Å². The number of benzene rings is 1. The molecule has 0 bridgehead atoms. The molecule has 0 radical (unpaired) electrons. The number of piperazine rings is 1. The number of ether oxygens (including phenoxy) is 2.